The number of hydrogen-bond acceptors (Lipinski definition) is 5. The number of nitrogens with one attached hydrogen (secondary N) is 1. The van der Waals surface area contributed by atoms with E-state index in [0.29, 0.717) is 5.82 Å². The minimum Gasteiger partial charge on any atom is -0.311 e. The fourth-order valence-electron chi connectivity index (χ4n) is 4.35. The fourth-order valence-corrected chi connectivity index (χ4v) is 4.35. The molecule has 1 aliphatic heterocycles. The van der Waals surface area contributed by atoms with Gasteiger partial charge in [-0.2, -0.15) is 5.10 Å². The molecule has 0 aromatic carbocycles. The second-order valence-corrected chi connectivity index (χ2v) is 8.43. The Morgan fingerprint density at radius 2 is 2.03 bits per heavy atom. The van der Waals surface area contributed by atoms with Gasteiger partial charge < -0.3 is 5.32 Å². The van der Waals surface area contributed by atoms with Crippen molar-refractivity contribution in [1.29, 1.82) is 0 Å². The number of fused-ring (bicyclic) bond motifs is 1. The Morgan fingerprint density at radius 3 is 2.80 bits per heavy atom. The van der Waals surface area contributed by atoms with Gasteiger partial charge in [0.1, 0.15) is 5.82 Å². The van der Waals surface area contributed by atoms with Crippen LogP contribution in [0.15, 0.2) is 30.6 Å². The summed E-state index contributed by atoms with van der Waals surface area (Å²) in [5, 5.41) is 7.28. The quantitative estimate of drug-likeness (QED) is 0.678. The maximum Gasteiger partial charge on any atom is 0.222 e. The summed E-state index contributed by atoms with van der Waals surface area (Å²) >= 11 is 0. The lowest BCUT2D eigenvalue weighted by Gasteiger charge is -2.31. The molecule has 0 radical (unpaired) electrons. The van der Waals surface area contributed by atoms with Gasteiger partial charge in [-0.25, -0.2) is 14.5 Å². The molecule has 4 heterocycles. The van der Waals surface area contributed by atoms with Crippen molar-refractivity contribution < 1.29 is 4.79 Å². The van der Waals surface area contributed by atoms with Gasteiger partial charge >= 0.3 is 0 Å². The van der Waals surface area contributed by atoms with Crippen molar-refractivity contribution in [3.05, 3.63) is 53.1 Å². The predicted molar refractivity (Wildman–Crippen MR) is 117 cm³/mol. The molecule has 0 spiro atoms. The van der Waals surface area contributed by atoms with Crippen molar-refractivity contribution in [2.75, 3.05) is 18.4 Å². The first-order valence-corrected chi connectivity index (χ1v) is 10.7. The van der Waals surface area contributed by atoms with Gasteiger partial charge in [0, 0.05) is 36.6 Å². The van der Waals surface area contributed by atoms with E-state index in [1.165, 1.54) is 37.3 Å². The Labute approximate surface area is 177 Å². The molecular formula is C23H30N6O. The lowest BCUT2D eigenvalue weighted by molar-refractivity contribution is -0.114. The Balaban J connectivity index is 1.29. The summed E-state index contributed by atoms with van der Waals surface area (Å²) in [6.45, 7) is 8.76. The lowest BCUT2D eigenvalue weighted by atomic mass is 9.90. The van der Waals surface area contributed by atoms with Gasteiger partial charge in [0.05, 0.1) is 6.20 Å². The molecule has 3 aromatic heterocycles. The van der Waals surface area contributed by atoms with Crippen LogP contribution in [-0.2, 0) is 17.8 Å². The van der Waals surface area contributed by atoms with Gasteiger partial charge in [-0.05, 0) is 82.3 Å². The summed E-state index contributed by atoms with van der Waals surface area (Å²) in [4.78, 5) is 22.6. The summed E-state index contributed by atoms with van der Waals surface area (Å²) in [7, 11) is 0. The van der Waals surface area contributed by atoms with Gasteiger partial charge in [-0.3, -0.25) is 9.69 Å². The molecule has 1 amide bonds. The second kappa shape index (κ2) is 8.92. The number of hydrogen-bond donors (Lipinski definition) is 1. The van der Waals surface area contributed by atoms with Crippen molar-refractivity contribution in [2.45, 2.75) is 53.0 Å². The lowest BCUT2D eigenvalue weighted by Crippen LogP contribution is -2.33. The van der Waals surface area contributed by atoms with E-state index in [-0.39, 0.29) is 5.91 Å². The molecule has 1 N–H and O–H groups in total. The highest BCUT2D eigenvalue weighted by Gasteiger charge is 2.21. The average Bonchev–Trinajstić information content (AvgIpc) is 3.10. The number of rotatable bonds is 6. The third kappa shape index (κ3) is 4.84. The van der Waals surface area contributed by atoms with E-state index >= 15 is 0 Å². The van der Waals surface area contributed by atoms with E-state index in [1.807, 2.05) is 29.8 Å². The number of carbonyl (C=O) groups is 1. The minimum absolute atomic E-state index is 0.0845. The number of likely N-dealkylation sites (tertiary alicyclic amines) is 1. The molecule has 1 aliphatic rings. The predicted octanol–water partition coefficient (Wildman–Crippen LogP) is 3.54. The van der Waals surface area contributed by atoms with E-state index in [0.717, 1.165) is 49.0 Å². The van der Waals surface area contributed by atoms with Gasteiger partial charge in [0.15, 0.2) is 5.65 Å². The Kier molecular flexibility index (Phi) is 6.08. The van der Waals surface area contributed by atoms with Gasteiger partial charge in [-0.1, -0.05) is 0 Å². The average molecular weight is 407 g/mol. The molecule has 158 valence electrons. The normalized spacial score (nSPS) is 15.6. The number of aryl methyl sites for hydroxylation is 3. The first-order chi connectivity index (χ1) is 14.5. The smallest absolute Gasteiger partial charge is 0.222 e. The Hall–Kier alpha value is -2.80. The molecule has 0 aliphatic carbocycles. The standard InChI is InChI=1S/C23H30N6O/c1-16-12-17(2)29-23(26-16)21(14-25-29)15-28-10-7-19(8-11-28)4-5-20-6-9-24-22(13-20)27-18(3)30/h6,9,12-14,19H,4-5,7-8,10-11,15H2,1-3H3,(H,24,27,30). The number of piperidine rings is 1. The summed E-state index contributed by atoms with van der Waals surface area (Å²) < 4.78 is 1.94. The molecule has 1 saturated heterocycles. The number of pyridine rings is 1. The minimum atomic E-state index is -0.0845. The highest BCUT2D eigenvalue weighted by molar-refractivity contribution is 5.87. The summed E-state index contributed by atoms with van der Waals surface area (Å²) in [6.07, 6.45) is 8.38. The number of aromatic nitrogens is 4. The van der Waals surface area contributed by atoms with Crippen LogP contribution in [0.4, 0.5) is 5.82 Å². The van der Waals surface area contributed by atoms with Crippen LogP contribution >= 0.6 is 0 Å². The zero-order valence-electron chi connectivity index (χ0n) is 18.1. The number of amides is 1. The van der Waals surface area contributed by atoms with Crippen LogP contribution in [0.1, 0.15) is 48.7 Å². The maximum absolute atomic E-state index is 11.2. The van der Waals surface area contributed by atoms with Gasteiger partial charge in [0.25, 0.3) is 0 Å². The summed E-state index contributed by atoms with van der Waals surface area (Å²) in [5.74, 6) is 1.30. The van der Waals surface area contributed by atoms with Crippen molar-refractivity contribution in [3.8, 4) is 0 Å². The monoisotopic (exact) mass is 406 g/mol. The molecular weight excluding hydrogens is 376 g/mol. The number of anilines is 1. The van der Waals surface area contributed by atoms with E-state index < -0.39 is 0 Å². The van der Waals surface area contributed by atoms with E-state index in [4.69, 9.17) is 4.98 Å². The molecule has 0 saturated carbocycles. The van der Waals surface area contributed by atoms with Gasteiger partial charge in [-0.15, -0.1) is 0 Å². The van der Waals surface area contributed by atoms with Crippen molar-refractivity contribution in [2.24, 2.45) is 5.92 Å². The number of nitrogens with zero attached hydrogens (tertiary/aromatic N) is 5. The molecule has 30 heavy (non-hydrogen) atoms. The number of carbonyl (C=O) groups excluding carboxylic acids is 1. The first-order valence-electron chi connectivity index (χ1n) is 10.7. The zero-order valence-corrected chi connectivity index (χ0v) is 18.1. The van der Waals surface area contributed by atoms with Crippen LogP contribution < -0.4 is 5.32 Å². The summed E-state index contributed by atoms with van der Waals surface area (Å²) in [5.41, 5.74) is 5.60. The van der Waals surface area contributed by atoms with Crippen LogP contribution in [0.5, 0.6) is 0 Å². The molecule has 0 unspecified atom stereocenters. The SMILES string of the molecule is CC(=O)Nc1cc(CCC2CCN(Cc3cnn4c(C)cc(C)nc34)CC2)ccn1. The van der Waals surface area contributed by atoms with Crippen molar-refractivity contribution in [3.63, 3.8) is 0 Å². The maximum atomic E-state index is 11.2. The zero-order chi connectivity index (χ0) is 21.1. The molecule has 3 aromatic rings. The van der Waals surface area contributed by atoms with Crippen LogP contribution in [0.2, 0.25) is 0 Å². The summed E-state index contributed by atoms with van der Waals surface area (Å²) in [6, 6.07) is 6.10. The first kappa shape index (κ1) is 20.5. The van der Waals surface area contributed by atoms with E-state index in [9.17, 15) is 4.79 Å². The van der Waals surface area contributed by atoms with Gasteiger partial charge in [0.2, 0.25) is 5.91 Å². The molecule has 4 rings (SSSR count). The molecule has 7 heteroatoms. The van der Waals surface area contributed by atoms with Crippen molar-refractivity contribution in [1.82, 2.24) is 24.5 Å². The highest BCUT2D eigenvalue weighted by Crippen LogP contribution is 2.25. The molecule has 0 bridgehead atoms. The van der Waals surface area contributed by atoms with Crippen LogP contribution in [0, 0.1) is 19.8 Å². The van der Waals surface area contributed by atoms with E-state index in [1.54, 1.807) is 6.20 Å². The largest absolute Gasteiger partial charge is 0.311 e. The molecule has 1 fully saturated rings. The second-order valence-electron chi connectivity index (χ2n) is 8.43. The molecule has 0 atom stereocenters. The Morgan fingerprint density at radius 1 is 1.23 bits per heavy atom. The van der Waals surface area contributed by atoms with E-state index in [2.05, 4.69) is 33.3 Å². The van der Waals surface area contributed by atoms with Crippen LogP contribution in [0.25, 0.3) is 5.65 Å². The Bertz CT molecular complexity index is 1040. The van der Waals surface area contributed by atoms with Crippen LogP contribution in [0.3, 0.4) is 0 Å². The van der Waals surface area contributed by atoms with Crippen LogP contribution in [-0.4, -0.2) is 43.5 Å². The third-order valence-electron chi connectivity index (χ3n) is 5.92. The topological polar surface area (TPSA) is 75.4 Å². The highest BCUT2D eigenvalue weighted by atomic mass is 16.1. The van der Waals surface area contributed by atoms with Crippen molar-refractivity contribution >= 4 is 17.4 Å². The molecule has 7 nitrogen and oxygen atoms in total. The third-order valence-corrected chi connectivity index (χ3v) is 5.92. The fraction of sp³-hybridized carbons (Fsp3) is 0.478.